The molecule has 2 atom stereocenters. The van der Waals surface area contributed by atoms with E-state index < -0.39 is 0 Å². The van der Waals surface area contributed by atoms with Crippen molar-refractivity contribution in [2.45, 2.75) is 18.2 Å². The summed E-state index contributed by atoms with van der Waals surface area (Å²) in [4.78, 5) is 0. The Labute approximate surface area is 118 Å². The third kappa shape index (κ3) is 3.59. The van der Waals surface area contributed by atoms with Crippen molar-refractivity contribution in [2.24, 2.45) is 0 Å². The minimum absolute atomic E-state index is 0.443. The molecule has 0 saturated carbocycles. The number of nitrogens with one attached hydrogen (secondary N) is 1. The molecule has 1 fully saturated rings. The van der Waals surface area contributed by atoms with Crippen LogP contribution in [-0.4, -0.2) is 36.2 Å². The Morgan fingerprint density at radius 3 is 2.67 bits per heavy atom. The molecule has 2 unspecified atom stereocenters. The third-order valence-corrected chi connectivity index (χ3v) is 5.94. The van der Waals surface area contributed by atoms with Gasteiger partial charge in [-0.25, -0.2) is 0 Å². The molecular formula is C14H21NOS2. The van der Waals surface area contributed by atoms with Crippen LogP contribution in [0.4, 0.5) is 0 Å². The molecule has 0 aromatic heterocycles. The van der Waals surface area contributed by atoms with Crippen molar-refractivity contribution >= 4 is 23.5 Å². The van der Waals surface area contributed by atoms with Gasteiger partial charge in [0.1, 0.15) is 5.75 Å². The van der Waals surface area contributed by atoms with E-state index in [0.29, 0.717) is 11.3 Å². The van der Waals surface area contributed by atoms with Crippen LogP contribution in [0.3, 0.4) is 0 Å². The SMILES string of the molecule is CCOc1ccc(C(NC)C2CSCCS2)cc1. The summed E-state index contributed by atoms with van der Waals surface area (Å²) in [5.74, 6) is 4.76. The summed E-state index contributed by atoms with van der Waals surface area (Å²) in [6.07, 6.45) is 0. The number of hydrogen-bond donors (Lipinski definition) is 1. The van der Waals surface area contributed by atoms with Gasteiger partial charge in [-0.15, -0.1) is 0 Å². The normalized spacial score (nSPS) is 21.6. The first-order valence-electron chi connectivity index (χ1n) is 6.44. The second-order valence-corrected chi connectivity index (χ2v) is 6.75. The van der Waals surface area contributed by atoms with Crippen molar-refractivity contribution in [1.29, 1.82) is 0 Å². The van der Waals surface area contributed by atoms with Crippen LogP contribution in [0.5, 0.6) is 5.75 Å². The highest BCUT2D eigenvalue weighted by Crippen LogP contribution is 2.33. The van der Waals surface area contributed by atoms with Crippen molar-refractivity contribution in [2.75, 3.05) is 30.9 Å². The first-order chi connectivity index (χ1) is 8.85. The summed E-state index contributed by atoms with van der Waals surface area (Å²) in [6.45, 7) is 2.74. The van der Waals surface area contributed by atoms with Crippen molar-refractivity contribution in [3.8, 4) is 5.75 Å². The number of ether oxygens (including phenoxy) is 1. The smallest absolute Gasteiger partial charge is 0.119 e. The van der Waals surface area contributed by atoms with Crippen LogP contribution >= 0.6 is 23.5 Å². The van der Waals surface area contributed by atoms with Crippen molar-refractivity contribution in [3.05, 3.63) is 29.8 Å². The van der Waals surface area contributed by atoms with E-state index in [1.54, 1.807) is 0 Å². The van der Waals surface area contributed by atoms with Crippen LogP contribution in [0, 0.1) is 0 Å². The molecule has 1 aliphatic heterocycles. The molecule has 0 bridgehead atoms. The van der Waals surface area contributed by atoms with Crippen molar-refractivity contribution in [1.82, 2.24) is 5.32 Å². The Bertz CT molecular complexity index is 349. The molecule has 1 aromatic rings. The molecule has 2 rings (SSSR count). The second-order valence-electron chi connectivity index (χ2n) is 4.25. The van der Waals surface area contributed by atoms with Gasteiger partial charge in [0.25, 0.3) is 0 Å². The van der Waals surface area contributed by atoms with Crippen LogP contribution in [-0.2, 0) is 0 Å². The highest BCUT2D eigenvalue weighted by atomic mass is 32.2. The molecule has 0 spiro atoms. The third-order valence-electron chi connectivity index (χ3n) is 3.07. The maximum atomic E-state index is 5.49. The fourth-order valence-corrected chi connectivity index (χ4v) is 5.11. The van der Waals surface area contributed by atoms with E-state index in [0.717, 1.165) is 12.4 Å². The summed E-state index contributed by atoms with van der Waals surface area (Å²) >= 11 is 4.16. The lowest BCUT2D eigenvalue weighted by atomic mass is 10.0. The monoisotopic (exact) mass is 283 g/mol. The summed E-state index contributed by atoms with van der Waals surface area (Å²) in [6, 6.07) is 8.96. The summed E-state index contributed by atoms with van der Waals surface area (Å²) in [7, 11) is 2.06. The Hall–Kier alpha value is -0.320. The fourth-order valence-electron chi connectivity index (χ4n) is 2.20. The highest BCUT2D eigenvalue weighted by Gasteiger charge is 2.24. The molecular weight excluding hydrogens is 262 g/mol. The van der Waals surface area contributed by atoms with Gasteiger partial charge in [0, 0.05) is 28.6 Å². The first-order valence-corrected chi connectivity index (χ1v) is 8.65. The Morgan fingerprint density at radius 2 is 2.11 bits per heavy atom. The molecule has 1 saturated heterocycles. The van der Waals surface area contributed by atoms with E-state index in [1.807, 2.05) is 6.92 Å². The molecule has 1 aromatic carbocycles. The van der Waals surface area contributed by atoms with Gasteiger partial charge < -0.3 is 10.1 Å². The quantitative estimate of drug-likeness (QED) is 0.895. The molecule has 0 amide bonds. The number of rotatable bonds is 5. The standard InChI is InChI=1S/C14H21NOS2/c1-3-16-12-6-4-11(5-7-12)14(15-2)13-10-17-8-9-18-13/h4-7,13-15H,3,8-10H2,1-2H3. The number of thioether (sulfide) groups is 2. The largest absolute Gasteiger partial charge is 0.494 e. The second kappa shape index (κ2) is 7.31. The fraction of sp³-hybridized carbons (Fsp3) is 0.571. The van der Waals surface area contributed by atoms with E-state index in [1.165, 1.54) is 22.8 Å². The van der Waals surface area contributed by atoms with Crippen LogP contribution < -0.4 is 10.1 Å². The highest BCUT2D eigenvalue weighted by molar-refractivity contribution is 8.06. The number of hydrogen-bond acceptors (Lipinski definition) is 4. The predicted molar refractivity (Wildman–Crippen MR) is 83.0 cm³/mol. The molecule has 1 heterocycles. The molecule has 1 N–H and O–H groups in total. The van der Waals surface area contributed by atoms with Crippen LogP contribution in [0.15, 0.2) is 24.3 Å². The zero-order valence-electron chi connectivity index (χ0n) is 11.0. The van der Waals surface area contributed by atoms with Gasteiger partial charge in [0.2, 0.25) is 0 Å². The average Bonchev–Trinajstić information content (AvgIpc) is 2.43. The van der Waals surface area contributed by atoms with Gasteiger partial charge in [0.05, 0.1) is 6.61 Å². The van der Waals surface area contributed by atoms with Gasteiger partial charge in [-0.05, 0) is 31.7 Å². The number of benzene rings is 1. The lowest BCUT2D eigenvalue weighted by molar-refractivity contribution is 0.340. The van der Waals surface area contributed by atoms with Gasteiger partial charge in [-0.1, -0.05) is 12.1 Å². The van der Waals surface area contributed by atoms with E-state index in [2.05, 4.69) is 60.2 Å². The van der Waals surface area contributed by atoms with E-state index in [-0.39, 0.29) is 0 Å². The van der Waals surface area contributed by atoms with Crippen LogP contribution in [0.25, 0.3) is 0 Å². The lowest BCUT2D eigenvalue weighted by Crippen LogP contribution is -2.31. The topological polar surface area (TPSA) is 21.3 Å². The van der Waals surface area contributed by atoms with Gasteiger partial charge in [-0.2, -0.15) is 23.5 Å². The Balaban J connectivity index is 2.06. The molecule has 0 radical (unpaired) electrons. The van der Waals surface area contributed by atoms with Gasteiger partial charge in [0.15, 0.2) is 0 Å². The van der Waals surface area contributed by atoms with Crippen molar-refractivity contribution < 1.29 is 4.74 Å². The zero-order chi connectivity index (χ0) is 12.8. The maximum absolute atomic E-state index is 5.49. The first kappa shape index (κ1) is 14.1. The summed E-state index contributed by atoms with van der Waals surface area (Å²) in [5, 5.41) is 4.14. The molecule has 1 aliphatic rings. The van der Waals surface area contributed by atoms with Crippen LogP contribution in [0.1, 0.15) is 18.5 Å². The molecule has 100 valence electrons. The maximum Gasteiger partial charge on any atom is 0.119 e. The van der Waals surface area contributed by atoms with Crippen molar-refractivity contribution in [3.63, 3.8) is 0 Å². The zero-order valence-corrected chi connectivity index (χ0v) is 12.7. The predicted octanol–water partition coefficient (Wildman–Crippen LogP) is 3.19. The Morgan fingerprint density at radius 1 is 1.33 bits per heavy atom. The molecule has 18 heavy (non-hydrogen) atoms. The minimum atomic E-state index is 0.443. The average molecular weight is 283 g/mol. The summed E-state index contributed by atoms with van der Waals surface area (Å²) < 4.78 is 5.49. The summed E-state index contributed by atoms with van der Waals surface area (Å²) in [5.41, 5.74) is 1.36. The van der Waals surface area contributed by atoms with Gasteiger partial charge >= 0.3 is 0 Å². The lowest BCUT2D eigenvalue weighted by Gasteiger charge is -2.29. The molecule has 2 nitrogen and oxygen atoms in total. The molecule has 0 aliphatic carbocycles. The minimum Gasteiger partial charge on any atom is -0.494 e. The molecule has 4 heteroatoms. The Kier molecular flexibility index (Phi) is 5.73. The van der Waals surface area contributed by atoms with E-state index in [9.17, 15) is 0 Å². The van der Waals surface area contributed by atoms with Gasteiger partial charge in [-0.3, -0.25) is 0 Å². The van der Waals surface area contributed by atoms with E-state index in [4.69, 9.17) is 4.74 Å². The van der Waals surface area contributed by atoms with E-state index >= 15 is 0 Å². The van der Waals surface area contributed by atoms with Crippen LogP contribution in [0.2, 0.25) is 0 Å².